The lowest BCUT2D eigenvalue weighted by Gasteiger charge is -2.15. The standard InChI is InChI=1S/C40H26N4S/c1-3-11-27(12-4-1)37-42-38(28-13-5-2-6-14-28)44-39(43-37)30-20-22-32-29(24-30)19-18-26-21-23-34-36(35(26)32)41-40(45-34)33-17-9-15-25-10-7-8-16-31(25)33/h1-24,40-41H. The Morgan fingerprint density at radius 2 is 1.09 bits per heavy atom. The topological polar surface area (TPSA) is 50.7 Å². The SMILES string of the molecule is c1ccc(-c2nc(-c3ccccc3)nc(-c3ccc4c(ccc5ccc6c(c54)NC(c4cccc5ccccc45)S6)c3)n2)cc1. The Bertz CT molecular complexity index is 2330. The van der Waals surface area contributed by atoms with Crippen LogP contribution in [0.25, 0.3) is 66.5 Å². The molecule has 45 heavy (non-hydrogen) atoms. The maximum absolute atomic E-state index is 4.96. The van der Waals surface area contributed by atoms with E-state index in [4.69, 9.17) is 15.0 Å². The van der Waals surface area contributed by atoms with E-state index in [0.29, 0.717) is 17.5 Å². The highest BCUT2D eigenvalue weighted by molar-refractivity contribution is 8.00. The summed E-state index contributed by atoms with van der Waals surface area (Å²) in [6.45, 7) is 0. The molecular weight excluding hydrogens is 569 g/mol. The van der Waals surface area contributed by atoms with Gasteiger partial charge in [-0.2, -0.15) is 0 Å². The highest BCUT2D eigenvalue weighted by Gasteiger charge is 2.26. The first-order valence-electron chi connectivity index (χ1n) is 15.1. The Labute approximate surface area is 264 Å². The predicted octanol–water partition coefficient (Wildman–Crippen LogP) is 10.5. The van der Waals surface area contributed by atoms with Crippen molar-refractivity contribution in [3.8, 4) is 34.2 Å². The van der Waals surface area contributed by atoms with Gasteiger partial charge in [0.15, 0.2) is 17.5 Å². The van der Waals surface area contributed by atoms with E-state index in [1.807, 2.05) is 72.4 Å². The van der Waals surface area contributed by atoms with E-state index in [1.54, 1.807) is 0 Å². The molecule has 9 rings (SSSR count). The second kappa shape index (κ2) is 10.6. The van der Waals surface area contributed by atoms with Gasteiger partial charge in [0, 0.05) is 27.0 Å². The minimum Gasteiger partial charge on any atom is -0.368 e. The minimum atomic E-state index is 0.143. The molecule has 0 amide bonds. The molecule has 1 atom stereocenters. The summed E-state index contributed by atoms with van der Waals surface area (Å²) in [6, 6.07) is 50.9. The van der Waals surface area contributed by atoms with Crippen LogP contribution in [0.3, 0.4) is 0 Å². The van der Waals surface area contributed by atoms with Crippen LogP contribution in [0.15, 0.2) is 150 Å². The Hall–Kier alpha value is -5.52. The summed E-state index contributed by atoms with van der Waals surface area (Å²) in [5.41, 5.74) is 5.40. The number of aromatic nitrogens is 3. The van der Waals surface area contributed by atoms with Crippen LogP contribution in [0, 0.1) is 0 Å². The maximum Gasteiger partial charge on any atom is 0.164 e. The number of hydrogen-bond acceptors (Lipinski definition) is 5. The predicted molar refractivity (Wildman–Crippen MR) is 187 cm³/mol. The third kappa shape index (κ3) is 4.52. The average molecular weight is 595 g/mol. The Morgan fingerprint density at radius 3 is 1.84 bits per heavy atom. The van der Waals surface area contributed by atoms with Crippen LogP contribution in [0.4, 0.5) is 5.69 Å². The number of nitrogens with zero attached hydrogens (tertiary/aromatic N) is 3. The van der Waals surface area contributed by atoms with Crippen LogP contribution < -0.4 is 5.32 Å². The van der Waals surface area contributed by atoms with E-state index in [1.165, 1.54) is 43.1 Å². The number of rotatable bonds is 4. The van der Waals surface area contributed by atoms with Gasteiger partial charge in [0.1, 0.15) is 5.37 Å². The van der Waals surface area contributed by atoms with E-state index in [2.05, 4.69) is 90.2 Å². The van der Waals surface area contributed by atoms with Gasteiger partial charge in [-0.15, -0.1) is 0 Å². The van der Waals surface area contributed by atoms with Crippen molar-refractivity contribution in [1.82, 2.24) is 15.0 Å². The Kier molecular flexibility index (Phi) is 6.10. The summed E-state index contributed by atoms with van der Waals surface area (Å²) in [4.78, 5) is 16.0. The van der Waals surface area contributed by atoms with Crippen molar-refractivity contribution in [2.75, 3.05) is 5.32 Å². The van der Waals surface area contributed by atoms with Crippen LogP contribution in [-0.2, 0) is 0 Å². The molecule has 1 aliphatic rings. The second-order valence-electron chi connectivity index (χ2n) is 11.3. The molecule has 0 spiro atoms. The zero-order valence-corrected chi connectivity index (χ0v) is 25.0. The van der Waals surface area contributed by atoms with Crippen LogP contribution >= 0.6 is 11.8 Å². The van der Waals surface area contributed by atoms with Gasteiger partial charge in [-0.1, -0.05) is 145 Å². The van der Waals surface area contributed by atoms with Crippen molar-refractivity contribution < 1.29 is 0 Å². The zero-order chi connectivity index (χ0) is 29.7. The molecule has 2 heterocycles. The highest BCUT2D eigenvalue weighted by atomic mass is 32.2. The summed E-state index contributed by atoms with van der Waals surface area (Å²) in [6.07, 6.45) is 0. The van der Waals surface area contributed by atoms with E-state index in [9.17, 15) is 0 Å². The van der Waals surface area contributed by atoms with E-state index < -0.39 is 0 Å². The van der Waals surface area contributed by atoms with Gasteiger partial charge in [0.2, 0.25) is 0 Å². The molecule has 7 aromatic carbocycles. The Morgan fingerprint density at radius 1 is 0.467 bits per heavy atom. The molecule has 0 saturated heterocycles. The van der Waals surface area contributed by atoms with Gasteiger partial charge < -0.3 is 5.32 Å². The third-order valence-electron chi connectivity index (χ3n) is 8.55. The lowest BCUT2D eigenvalue weighted by atomic mass is 9.98. The van der Waals surface area contributed by atoms with Crippen molar-refractivity contribution in [3.05, 3.63) is 151 Å². The van der Waals surface area contributed by atoms with Crippen molar-refractivity contribution in [2.24, 2.45) is 0 Å². The van der Waals surface area contributed by atoms with Crippen LogP contribution in [-0.4, -0.2) is 15.0 Å². The van der Waals surface area contributed by atoms with Crippen molar-refractivity contribution in [2.45, 2.75) is 10.3 Å². The average Bonchev–Trinajstić information content (AvgIpc) is 3.56. The number of nitrogens with one attached hydrogen (secondary N) is 1. The summed E-state index contributed by atoms with van der Waals surface area (Å²) in [5.74, 6) is 1.99. The zero-order valence-electron chi connectivity index (χ0n) is 24.2. The monoisotopic (exact) mass is 594 g/mol. The minimum absolute atomic E-state index is 0.143. The largest absolute Gasteiger partial charge is 0.368 e. The van der Waals surface area contributed by atoms with Gasteiger partial charge >= 0.3 is 0 Å². The number of hydrogen-bond donors (Lipinski definition) is 1. The first-order valence-corrected chi connectivity index (χ1v) is 15.9. The molecule has 1 aromatic heterocycles. The van der Waals surface area contributed by atoms with Gasteiger partial charge in [-0.25, -0.2) is 15.0 Å². The van der Waals surface area contributed by atoms with Crippen LogP contribution in [0.2, 0.25) is 0 Å². The summed E-state index contributed by atoms with van der Waals surface area (Å²) in [5, 5.41) is 11.4. The fraction of sp³-hybridized carbons (Fsp3) is 0.0250. The fourth-order valence-corrected chi connectivity index (χ4v) is 7.55. The normalized spacial score (nSPS) is 14.1. The molecule has 212 valence electrons. The summed E-state index contributed by atoms with van der Waals surface area (Å²) in [7, 11) is 0. The van der Waals surface area contributed by atoms with E-state index in [0.717, 1.165) is 22.1 Å². The summed E-state index contributed by atoms with van der Waals surface area (Å²) >= 11 is 1.89. The van der Waals surface area contributed by atoms with Crippen LogP contribution in [0.5, 0.6) is 0 Å². The molecule has 1 N–H and O–H groups in total. The lowest BCUT2D eigenvalue weighted by Crippen LogP contribution is -2.02. The lowest BCUT2D eigenvalue weighted by molar-refractivity contribution is 1.07. The molecule has 8 aromatic rings. The van der Waals surface area contributed by atoms with Gasteiger partial charge in [0.05, 0.1) is 5.69 Å². The first-order chi connectivity index (χ1) is 22.3. The number of fused-ring (bicyclic) bond motifs is 6. The van der Waals surface area contributed by atoms with Gasteiger partial charge in [0.25, 0.3) is 0 Å². The van der Waals surface area contributed by atoms with Gasteiger partial charge in [-0.3, -0.25) is 0 Å². The quantitative estimate of drug-likeness (QED) is 0.205. The molecule has 0 saturated carbocycles. The number of anilines is 1. The Balaban J connectivity index is 1.16. The molecular formula is C40H26N4S. The third-order valence-corrected chi connectivity index (χ3v) is 9.75. The van der Waals surface area contributed by atoms with Crippen LogP contribution in [0.1, 0.15) is 10.9 Å². The smallest absolute Gasteiger partial charge is 0.164 e. The van der Waals surface area contributed by atoms with Crippen molar-refractivity contribution in [3.63, 3.8) is 0 Å². The van der Waals surface area contributed by atoms with Gasteiger partial charge in [-0.05, 0) is 44.6 Å². The molecule has 0 radical (unpaired) electrons. The number of benzene rings is 7. The second-order valence-corrected chi connectivity index (χ2v) is 12.4. The first kappa shape index (κ1) is 25.9. The van der Waals surface area contributed by atoms with Crippen molar-refractivity contribution >= 4 is 49.8 Å². The maximum atomic E-state index is 4.96. The fourth-order valence-electron chi connectivity index (χ4n) is 6.36. The van der Waals surface area contributed by atoms with E-state index >= 15 is 0 Å². The molecule has 4 nitrogen and oxygen atoms in total. The van der Waals surface area contributed by atoms with E-state index in [-0.39, 0.29) is 5.37 Å². The molecule has 1 unspecified atom stereocenters. The molecule has 5 heteroatoms. The summed E-state index contributed by atoms with van der Waals surface area (Å²) < 4.78 is 0. The molecule has 0 aliphatic carbocycles. The molecule has 0 fully saturated rings. The van der Waals surface area contributed by atoms with Crippen molar-refractivity contribution in [1.29, 1.82) is 0 Å². The molecule has 0 bridgehead atoms. The highest BCUT2D eigenvalue weighted by Crippen LogP contribution is 2.51. The molecule has 1 aliphatic heterocycles. The number of thioether (sulfide) groups is 1.